The monoisotopic (exact) mass is 300 g/mol. The predicted molar refractivity (Wildman–Crippen MR) is 67.2 cm³/mol. The van der Waals surface area contributed by atoms with E-state index in [0.717, 1.165) is 10.4 Å². The first kappa shape index (κ1) is 11.8. The van der Waals surface area contributed by atoms with Gasteiger partial charge in [0.2, 0.25) is 0 Å². The van der Waals surface area contributed by atoms with Crippen LogP contribution in [0.4, 0.5) is 4.39 Å². The Morgan fingerprint density at radius 3 is 2.69 bits per heavy atom. The second-order valence-electron chi connectivity index (χ2n) is 3.47. The van der Waals surface area contributed by atoms with Gasteiger partial charge >= 0.3 is 0 Å². The average molecular weight is 301 g/mol. The molecule has 84 valence electrons. The molecule has 0 spiro atoms. The van der Waals surface area contributed by atoms with Gasteiger partial charge in [0.15, 0.2) is 0 Å². The molecule has 0 fully saturated rings. The Labute approximate surface area is 106 Å². The molecule has 0 aliphatic rings. The number of thiophene rings is 1. The molecule has 0 saturated heterocycles. The number of aryl methyl sites for hydroxylation is 1. The molecule has 0 bridgehead atoms. The maximum absolute atomic E-state index is 13.6. The number of halogens is 2. The quantitative estimate of drug-likeness (QED) is 0.887. The smallest absolute Gasteiger partial charge is 0.130 e. The maximum Gasteiger partial charge on any atom is 0.130 e. The molecule has 1 atom stereocenters. The standard InChI is InChI=1S/C12H10BrFOS/c1-7-8(5-6-16-7)12(15)11-9(13)3-2-4-10(11)14/h2-6,12,15H,1H3. The molecule has 1 unspecified atom stereocenters. The van der Waals surface area contributed by atoms with E-state index in [4.69, 9.17) is 0 Å². The Balaban J connectivity index is 2.49. The lowest BCUT2D eigenvalue weighted by molar-refractivity contribution is 0.214. The molecule has 0 radical (unpaired) electrons. The Morgan fingerprint density at radius 2 is 2.12 bits per heavy atom. The van der Waals surface area contributed by atoms with Crippen LogP contribution in [0.25, 0.3) is 0 Å². The minimum Gasteiger partial charge on any atom is -0.383 e. The summed E-state index contributed by atoms with van der Waals surface area (Å²) >= 11 is 4.80. The van der Waals surface area contributed by atoms with Gasteiger partial charge in [-0.3, -0.25) is 0 Å². The van der Waals surface area contributed by atoms with Crippen LogP contribution in [-0.4, -0.2) is 5.11 Å². The van der Waals surface area contributed by atoms with Crippen LogP contribution in [-0.2, 0) is 0 Å². The van der Waals surface area contributed by atoms with Crippen molar-refractivity contribution in [1.29, 1.82) is 0 Å². The molecule has 0 saturated carbocycles. The van der Waals surface area contributed by atoms with Crippen molar-refractivity contribution in [3.8, 4) is 0 Å². The Morgan fingerprint density at radius 1 is 1.38 bits per heavy atom. The van der Waals surface area contributed by atoms with Crippen LogP contribution in [0.2, 0.25) is 0 Å². The van der Waals surface area contributed by atoms with Crippen molar-refractivity contribution in [2.45, 2.75) is 13.0 Å². The van der Waals surface area contributed by atoms with Crippen LogP contribution in [0, 0.1) is 12.7 Å². The third-order valence-corrected chi connectivity index (χ3v) is 4.02. The molecule has 4 heteroatoms. The van der Waals surface area contributed by atoms with Crippen LogP contribution >= 0.6 is 27.3 Å². The summed E-state index contributed by atoms with van der Waals surface area (Å²) in [5.41, 5.74) is 1.06. The highest BCUT2D eigenvalue weighted by atomic mass is 79.9. The first-order valence-corrected chi connectivity index (χ1v) is 6.44. The van der Waals surface area contributed by atoms with Crippen molar-refractivity contribution in [2.75, 3.05) is 0 Å². The molecule has 0 aliphatic carbocycles. The SMILES string of the molecule is Cc1sccc1C(O)c1c(F)cccc1Br. The molecule has 0 amide bonds. The number of aliphatic hydroxyl groups is 1. The fourth-order valence-corrected chi connectivity index (χ4v) is 2.90. The second kappa shape index (κ2) is 4.65. The molecule has 1 aromatic carbocycles. The van der Waals surface area contributed by atoms with Crippen molar-refractivity contribution in [3.63, 3.8) is 0 Å². The van der Waals surface area contributed by atoms with E-state index in [1.807, 2.05) is 18.4 Å². The van der Waals surface area contributed by atoms with Crippen LogP contribution < -0.4 is 0 Å². The number of hydrogen-bond acceptors (Lipinski definition) is 2. The van der Waals surface area contributed by atoms with Gasteiger partial charge in [-0.15, -0.1) is 11.3 Å². The Hall–Kier alpha value is -0.710. The van der Waals surface area contributed by atoms with E-state index in [9.17, 15) is 9.50 Å². The van der Waals surface area contributed by atoms with Gasteiger partial charge in [-0.1, -0.05) is 22.0 Å². The molecule has 16 heavy (non-hydrogen) atoms. The zero-order chi connectivity index (χ0) is 11.7. The lowest BCUT2D eigenvalue weighted by atomic mass is 10.0. The first-order valence-electron chi connectivity index (χ1n) is 4.77. The molecule has 2 aromatic rings. The Bertz CT molecular complexity index is 489. The van der Waals surface area contributed by atoms with Gasteiger partial charge in [0.25, 0.3) is 0 Å². The predicted octanol–water partition coefficient (Wildman–Crippen LogP) is 4.04. The fraction of sp³-hybridized carbons (Fsp3) is 0.167. The molecule has 1 heterocycles. The third-order valence-electron chi connectivity index (χ3n) is 2.47. The molecule has 1 nitrogen and oxygen atoms in total. The van der Waals surface area contributed by atoms with Crippen molar-refractivity contribution in [1.82, 2.24) is 0 Å². The number of hydrogen-bond donors (Lipinski definition) is 1. The molecule has 0 aliphatic heterocycles. The van der Waals surface area contributed by atoms with E-state index in [0.29, 0.717) is 10.0 Å². The van der Waals surface area contributed by atoms with E-state index in [1.165, 1.54) is 6.07 Å². The summed E-state index contributed by atoms with van der Waals surface area (Å²) < 4.78 is 14.2. The third kappa shape index (κ3) is 2.05. The summed E-state index contributed by atoms with van der Waals surface area (Å²) in [6, 6.07) is 6.51. The summed E-state index contributed by atoms with van der Waals surface area (Å²) in [6.45, 7) is 1.91. The van der Waals surface area contributed by atoms with Gasteiger partial charge < -0.3 is 5.11 Å². The van der Waals surface area contributed by atoms with Gasteiger partial charge in [0.05, 0.1) is 0 Å². The fourth-order valence-electron chi connectivity index (χ4n) is 1.61. The second-order valence-corrected chi connectivity index (χ2v) is 5.44. The van der Waals surface area contributed by atoms with Gasteiger partial charge in [0, 0.05) is 14.9 Å². The highest BCUT2D eigenvalue weighted by molar-refractivity contribution is 9.10. The molecule has 1 aromatic heterocycles. The lowest BCUT2D eigenvalue weighted by Crippen LogP contribution is -2.03. The van der Waals surface area contributed by atoms with Gasteiger partial charge in [-0.05, 0) is 36.1 Å². The number of benzene rings is 1. The van der Waals surface area contributed by atoms with Crippen LogP contribution in [0.1, 0.15) is 22.1 Å². The molecular weight excluding hydrogens is 291 g/mol. The lowest BCUT2D eigenvalue weighted by Gasteiger charge is -2.13. The number of rotatable bonds is 2. The van der Waals surface area contributed by atoms with Crippen LogP contribution in [0.5, 0.6) is 0 Å². The van der Waals surface area contributed by atoms with E-state index >= 15 is 0 Å². The minimum absolute atomic E-state index is 0.295. The molecule has 1 N–H and O–H groups in total. The van der Waals surface area contributed by atoms with Crippen molar-refractivity contribution in [3.05, 3.63) is 55.9 Å². The number of aliphatic hydroxyl groups excluding tert-OH is 1. The van der Waals surface area contributed by atoms with E-state index in [1.54, 1.807) is 23.5 Å². The van der Waals surface area contributed by atoms with E-state index < -0.39 is 11.9 Å². The Kier molecular flexibility index (Phi) is 3.42. The van der Waals surface area contributed by atoms with Crippen molar-refractivity contribution in [2.24, 2.45) is 0 Å². The summed E-state index contributed by atoms with van der Waals surface area (Å²) in [5.74, 6) is -0.396. The largest absolute Gasteiger partial charge is 0.383 e. The topological polar surface area (TPSA) is 20.2 Å². The highest BCUT2D eigenvalue weighted by Crippen LogP contribution is 2.33. The highest BCUT2D eigenvalue weighted by Gasteiger charge is 2.19. The normalized spacial score (nSPS) is 12.8. The van der Waals surface area contributed by atoms with Gasteiger partial charge in [-0.25, -0.2) is 4.39 Å². The zero-order valence-corrected chi connectivity index (χ0v) is 11.0. The van der Waals surface area contributed by atoms with E-state index in [2.05, 4.69) is 15.9 Å². The van der Waals surface area contributed by atoms with Crippen molar-refractivity contribution >= 4 is 27.3 Å². The summed E-state index contributed by atoms with van der Waals surface area (Å²) in [5, 5.41) is 12.1. The summed E-state index contributed by atoms with van der Waals surface area (Å²) in [6.07, 6.45) is -0.915. The molecular formula is C12H10BrFOS. The van der Waals surface area contributed by atoms with Crippen LogP contribution in [0.3, 0.4) is 0 Å². The van der Waals surface area contributed by atoms with E-state index in [-0.39, 0.29) is 0 Å². The van der Waals surface area contributed by atoms with Gasteiger partial charge in [-0.2, -0.15) is 0 Å². The zero-order valence-electron chi connectivity index (χ0n) is 8.58. The summed E-state index contributed by atoms with van der Waals surface area (Å²) in [4.78, 5) is 1.00. The maximum atomic E-state index is 13.6. The van der Waals surface area contributed by atoms with Crippen LogP contribution in [0.15, 0.2) is 34.1 Å². The summed E-state index contributed by atoms with van der Waals surface area (Å²) in [7, 11) is 0. The average Bonchev–Trinajstić information content (AvgIpc) is 2.64. The van der Waals surface area contributed by atoms with Gasteiger partial charge in [0.1, 0.15) is 11.9 Å². The first-order chi connectivity index (χ1) is 7.61. The van der Waals surface area contributed by atoms with Crippen molar-refractivity contribution < 1.29 is 9.50 Å². The minimum atomic E-state index is -0.915. The molecule has 2 rings (SSSR count).